The molecule has 0 atom stereocenters. The molecule has 0 radical (unpaired) electrons. The van der Waals surface area contributed by atoms with Gasteiger partial charge in [0.1, 0.15) is 5.52 Å². The summed E-state index contributed by atoms with van der Waals surface area (Å²) in [5.41, 5.74) is 2.35. The summed E-state index contributed by atoms with van der Waals surface area (Å²) in [6.45, 7) is 1.69. The third-order valence-electron chi connectivity index (χ3n) is 5.08. The van der Waals surface area contributed by atoms with Crippen molar-refractivity contribution < 1.29 is 4.79 Å². The molecule has 2 heterocycles. The van der Waals surface area contributed by atoms with Gasteiger partial charge in [0.25, 0.3) is 5.91 Å². The minimum atomic E-state index is -0.137. The molecule has 7 heteroatoms. The Morgan fingerprint density at radius 2 is 2.04 bits per heavy atom. The summed E-state index contributed by atoms with van der Waals surface area (Å²) in [6.07, 6.45) is 8.97. The van der Waals surface area contributed by atoms with E-state index in [-0.39, 0.29) is 5.91 Å². The zero-order valence-corrected chi connectivity index (χ0v) is 15.8. The second-order valence-corrected chi connectivity index (χ2v) is 7.61. The molecule has 3 aromatic rings. The SMILES string of the molecule is O=C(NCCCCCCS)c1nnc2c1ccc1c2c[nH]n1CC1CC1. The minimum Gasteiger partial charge on any atom is -0.351 e. The summed E-state index contributed by atoms with van der Waals surface area (Å²) >= 11 is 4.21. The number of H-pyrrole nitrogens is 1. The predicted octanol–water partition coefficient (Wildman–Crippen LogP) is 3.54. The molecule has 1 aliphatic carbocycles. The maximum atomic E-state index is 12.5. The first-order valence-electron chi connectivity index (χ1n) is 9.50. The summed E-state index contributed by atoms with van der Waals surface area (Å²) < 4.78 is 2.17. The van der Waals surface area contributed by atoms with Crippen LogP contribution in [-0.4, -0.2) is 38.2 Å². The van der Waals surface area contributed by atoms with E-state index < -0.39 is 0 Å². The number of nitrogens with one attached hydrogen (secondary N) is 2. The molecule has 0 saturated heterocycles. The first-order chi connectivity index (χ1) is 12.8. The number of aromatic amines is 1. The lowest BCUT2D eigenvalue weighted by Gasteiger charge is -2.04. The molecule has 1 saturated carbocycles. The van der Waals surface area contributed by atoms with Crippen molar-refractivity contribution in [3.8, 4) is 0 Å². The van der Waals surface area contributed by atoms with Crippen molar-refractivity contribution in [2.75, 3.05) is 12.3 Å². The Kier molecular flexibility index (Phi) is 5.15. The second kappa shape index (κ2) is 7.70. The number of carbonyl (C=O) groups is 1. The van der Waals surface area contributed by atoms with Crippen LogP contribution in [0.2, 0.25) is 0 Å². The third-order valence-corrected chi connectivity index (χ3v) is 5.39. The van der Waals surface area contributed by atoms with E-state index in [2.05, 4.69) is 44.0 Å². The van der Waals surface area contributed by atoms with Crippen LogP contribution in [0, 0.1) is 5.92 Å². The minimum absolute atomic E-state index is 0.137. The molecule has 1 aliphatic rings. The molecule has 0 aliphatic heterocycles. The van der Waals surface area contributed by atoms with Crippen molar-refractivity contribution in [3.05, 3.63) is 24.0 Å². The zero-order valence-electron chi connectivity index (χ0n) is 14.9. The highest BCUT2D eigenvalue weighted by molar-refractivity contribution is 7.80. The number of carbonyl (C=O) groups excluding carboxylic acids is 1. The summed E-state index contributed by atoms with van der Waals surface area (Å²) in [7, 11) is 0. The average molecular weight is 372 g/mol. The van der Waals surface area contributed by atoms with Gasteiger partial charge in [-0.1, -0.05) is 12.8 Å². The van der Waals surface area contributed by atoms with Crippen LogP contribution in [0.15, 0.2) is 18.3 Å². The number of nitrogens with zero attached hydrogens (tertiary/aromatic N) is 3. The topological polar surface area (TPSA) is 75.6 Å². The molecule has 2 N–H and O–H groups in total. The van der Waals surface area contributed by atoms with Gasteiger partial charge in [-0.25, -0.2) is 0 Å². The van der Waals surface area contributed by atoms with Crippen LogP contribution in [0.5, 0.6) is 0 Å². The third kappa shape index (κ3) is 3.58. The smallest absolute Gasteiger partial charge is 0.272 e. The molecule has 0 unspecified atom stereocenters. The van der Waals surface area contributed by atoms with Gasteiger partial charge in [0.15, 0.2) is 5.69 Å². The summed E-state index contributed by atoms with van der Waals surface area (Å²) in [5, 5.41) is 16.6. The Balaban J connectivity index is 1.47. The molecular formula is C19H25N5OS. The maximum absolute atomic E-state index is 12.5. The van der Waals surface area contributed by atoms with E-state index in [1.54, 1.807) is 0 Å². The molecule has 26 heavy (non-hydrogen) atoms. The first-order valence-corrected chi connectivity index (χ1v) is 10.1. The van der Waals surface area contributed by atoms with E-state index in [4.69, 9.17) is 0 Å². The van der Waals surface area contributed by atoms with Crippen LogP contribution in [-0.2, 0) is 6.54 Å². The Morgan fingerprint density at radius 1 is 1.19 bits per heavy atom. The van der Waals surface area contributed by atoms with Gasteiger partial charge in [-0.3, -0.25) is 9.48 Å². The summed E-state index contributed by atoms with van der Waals surface area (Å²) in [4.78, 5) is 12.5. The number of unbranched alkanes of at least 4 members (excludes halogenated alkanes) is 3. The molecule has 4 rings (SSSR count). The van der Waals surface area contributed by atoms with E-state index in [9.17, 15) is 4.79 Å². The average Bonchev–Trinajstić information content (AvgIpc) is 3.20. The fourth-order valence-corrected chi connectivity index (χ4v) is 3.62. The lowest BCUT2D eigenvalue weighted by molar-refractivity contribution is 0.0949. The van der Waals surface area contributed by atoms with Crippen LogP contribution in [0.4, 0.5) is 0 Å². The fraction of sp³-hybridized carbons (Fsp3) is 0.526. The second-order valence-electron chi connectivity index (χ2n) is 7.16. The van der Waals surface area contributed by atoms with Gasteiger partial charge >= 0.3 is 0 Å². The Bertz CT molecular complexity index is 911. The normalized spacial score (nSPS) is 14.3. The van der Waals surface area contributed by atoms with Crippen LogP contribution in [0.25, 0.3) is 21.8 Å². The van der Waals surface area contributed by atoms with Crippen molar-refractivity contribution >= 4 is 40.3 Å². The van der Waals surface area contributed by atoms with E-state index in [0.29, 0.717) is 12.2 Å². The van der Waals surface area contributed by atoms with Crippen LogP contribution < -0.4 is 5.32 Å². The molecule has 0 spiro atoms. The van der Waals surface area contributed by atoms with E-state index >= 15 is 0 Å². The lowest BCUT2D eigenvalue weighted by Crippen LogP contribution is -2.25. The Hall–Kier alpha value is -2.02. The molecule has 0 bridgehead atoms. The highest BCUT2D eigenvalue weighted by atomic mass is 32.1. The Labute approximate surface area is 158 Å². The standard InChI is InChI=1S/C19H25N5OS/c25-19(20-9-3-1-2-4-10-26)18-14-7-8-16-15(17(14)22-23-18)11-21-24(16)12-13-5-6-13/h7-8,11,13,21,26H,1-6,9-10,12H2,(H,20,25). The molecule has 6 nitrogen and oxygen atoms in total. The molecule has 138 valence electrons. The van der Waals surface area contributed by atoms with E-state index in [1.165, 1.54) is 12.8 Å². The molecule has 2 aromatic heterocycles. The monoisotopic (exact) mass is 371 g/mol. The largest absolute Gasteiger partial charge is 0.351 e. The van der Waals surface area contributed by atoms with E-state index in [1.807, 2.05) is 12.3 Å². The Morgan fingerprint density at radius 3 is 2.85 bits per heavy atom. The van der Waals surface area contributed by atoms with Gasteiger partial charge in [-0.2, -0.15) is 12.6 Å². The number of amides is 1. The first kappa shape index (κ1) is 17.4. The molecular weight excluding hydrogens is 346 g/mol. The number of benzene rings is 1. The van der Waals surface area contributed by atoms with Gasteiger partial charge in [-0.05, 0) is 49.5 Å². The summed E-state index contributed by atoms with van der Waals surface area (Å²) in [5.74, 6) is 1.58. The van der Waals surface area contributed by atoms with Crippen molar-refractivity contribution in [3.63, 3.8) is 0 Å². The van der Waals surface area contributed by atoms with Crippen molar-refractivity contribution in [2.45, 2.75) is 45.1 Å². The van der Waals surface area contributed by atoms with Gasteiger partial charge in [0.05, 0.1) is 5.52 Å². The van der Waals surface area contributed by atoms with Crippen molar-refractivity contribution in [1.82, 2.24) is 25.3 Å². The molecule has 1 fully saturated rings. The van der Waals surface area contributed by atoms with Gasteiger partial charge < -0.3 is 10.4 Å². The number of hydrogen-bond acceptors (Lipinski definition) is 4. The highest BCUT2D eigenvalue weighted by Gasteiger charge is 2.23. The molecule has 1 aromatic carbocycles. The predicted molar refractivity (Wildman–Crippen MR) is 107 cm³/mol. The number of rotatable bonds is 9. The van der Waals surface area contributed by atoms with E-state index in [0.717, 1.165) is 65.7 Å². The van der Waals surface area contributed by atoms with Crippen LogP contribution >= 0.6 is 12.6 Å². The number of aromatic nitrogens is 4. The van der Waals surface area contributed by atoms with Crippen LogP contribution in [0.1, 0.15) is 49.0 Å². The summed E-state index contributed by atoms with van der Waals surface area (Å²) in [6, 6.07) is 4.03. The number of hydrogen-bond donors (Lipinski definition) is 3. The maximum Gasteiger partial charge on any atom is 0.272 e. The fourth-order valence-electron chi connectivity index (χ4n) is 3.39. The zero-order chi connectivity index (χ0) is 17.9. The number of fused-ring (bicyclic) bond motifs is 3. The van der Waals surface area contributed by atoms with Gasteiger partial charge in [-0.15, -0.1) is 10.2 Å². The number of thiol groups is 1. The highest BCUT2D eigenvalue weighted by Crippen LogP contribution is 2.32. The van der Waals surface area contributed by atoms with Gasteiger partial charge in [0, 0.05) is 30.1 Å². The van der Waals surface area contributed by atoms with Crippen molar-refractivity contribution in [2.24, 2.45) is 5.92 Å². The molecule has 1 amide bonds. The lowest BCUT2D eigenvalue weighted by atomic mass is 10.1. The van der Waals surface area contributed by atoms with Crippen molar-refractivity contribution in [1.29, 1.82) is 0 Å². The quantitative estimate of drug-likeness (QED) is 0.398. The van der Waals surface area contributed by atoms with Crippen LogP contribution in [0.3, 0.4) is 0 Å². The van der Waals surface area contributed by atoms with Gasteiger partial charge in [0.2, 0.25) is 0 Å².